The molecule has 1 heterocycles. The lowest BCUT2D eigenvalue weighted by molar-refractivity contribution is 0.0828. The lowest BCUT2D eigenvalue weighted by Crippen LogP contribution is -2.24. The van der Waals surface area contributed by atoms with Gasteiger partial charge in [-0.05, 0) is 25.3 Å². The fraction of sp³-hybridized carbons (Fsp3) is 0.467. The molecule has 2 atom stereocenters. The molecule has 0 amide bonds. The summed E-state index contributed by atoms with van der Waals surface area (Å²) in [6, 6.07) is 12.2. The van der Waals surface area contributed by atoms with E-state index in [1.807, 2.05) is 31.2 Å². The minimum Gasteiger partial charge on any atom is -0.377 e. The van der Waals surface area contributed by atoms with Gasteiger partial charge in [-0.3, -0.25) is 0 Å². The van der Waals surface area contributed by atoms with Crippen LogP contribution in [0.1, 0.15) is 29.9 Å². The van der Waals surface area contributed by atoms with Gasteiger partial charge in [-0.1, -0.05) is 29.8 Å². The van der Waals surface area contributed by atoms with Crippen molar-refractivity contribution in [2.45, 2.75) is 31.8 Å². The number of rotatable bonds is 3. The molecule has 2 rings (SSSR count). The highest BCUT2D eigenvalue weighted by Gasteiger charge is 2.34. The van der Waals surface area contributed by atoms with Crippen molar-refractivity contribution in [3.05, 3.63) is 35.4 Å². The van der Waals surface area contributed by atoms with E-state index in [2.05, 4.69) is 12.1 Å². The predicted octanol–water partition coefficient (Wildman–Crippen LogP) is 2.92. The van der Waals surface area contributed by atoms with Gasteiger partial charge >= 0.3 is 0 Å². The number of ether oxygens (including phenoxy) is 1. The number of aryl methyl sites for hydroxylation is 1. The molecule has 0 saturated carbocycles. The first-order chi connectivity index (χ1) is 8.76. The summed E-state index contributed by atoms with van der Waals surface area (Å²) < 4.78 is 5.69. The van der Waals surface area contributed by atoms with Crippen molar-refractivity contribution in [1.82, 2.24) is 0 Å². The maximum absolute atomic E-state index is 9.16. The molecule has 0 N–H and O–H groups in total. The van der Waals surface area contributed by atoms with Crippen LogP contribution in [-0.4, -0.2) is 12.7 Å². The minimum absolute atomic E-state index is 0.00361. The van der Waals surface area contributed by atoms with Gasteiger partial charge in [0.2, 0.25) is 0 Å². The summed E-state index contributed by atoms with van der Waals surface area (Å²) in [5.41, 5.74) is 2.18. The Hall–Kier alpha value is -1.84. The highest BCUT2D eigenvalue weighted by molar-refractivity contribution is 5.30. The molecule has 0 aliphatic carbocycles. The van der Waals surface area contributed by atoms with Crippen LogP contribution in [0.5, 0.6) is 0 Å². The highest BCUT2D eigenvalue weighted by atomic mass is 16.5. The number of benzene rings is 1. The van der Waals surface area contributed by atoms with Gasteiger partial charge in [-0.15, -0.1) is 0 Å². The van der Waals surface area contributed by atoms with Gasteiger partial charge in [-0.25, -0.2) is 0 Å². The summed E-state index contributed by atoms with van der Waals surface area (Å²) in [7, 11) is 0. The van der Waals surface area contributed by atoms with Crippen molar-refractivity contribution in [3.8, 4) is 12.1 Å². The molecule has 92 valence electrons. The quantitative estimate of drug-likeness (QED) is 0.816. The number of hydrogen-bond acceptors (Lipinski definition) is 3. The smallest absolute Gasteiger partial charge is 0.142 e. The number of nitriles is 2. The average molecular weight is 240 g/mol. The standard InChI is InChI=1S/C15H16N2O/c1-11-4-2-5-12(8-11)15(13(9-16)10-17)14-6-3-7-18-14/h2,4-5,8,13-15H,3,6-7H2,1H3. The van der Waals surface area contributed by atoms with E-state index < -0.39 is 5.92 Å². The van der Waals surface area contributed by atoms with Crippen LogP contribution in [0.4, 0.5) is 0 Å². The van der Waals surface area contributed by atoms with Crippen LogP contribution in [0.3, 0.4) is 0 Å². The first-order valence-electron chi connectivity index (χ1n) is 6.23. The van der Waals surface area contributed by atoms with Crippen LogP contribution >= 0.6 is 0 Å². The lowest BCUT2D eigenvalue weighted by atomic mass is 9.82. The van der Waals surface area contributed by atoms with Crippen molar-refractivity contribution in [2.24, 2.45) is 5.92 Å². The van der Waals surface area contributed by atoms with E-state index in [0.29, 0.717) is 0 Å². The normalized spacial score (nSPS) is 20.3. The molecule has 1 fully saturated rings. The van der Waals surface area contributed by atoms with E-state index >= 15 is 0 Å². The summed E-state index contributed by atoms with van der Waals surface area (Å²) in [5, 5.41) is 18.3. The molecule has 0 spiro atoms. The van der Waals surface area contributed by atoms with Crippen molar-refractivity contribution in [1.29, 1.82) is 10.5 Å². The Morgan fingerprint density at radius 3 is 2.67 bits per heavy atom. The Bertz CT molecular complexity index is 478. The molecule has 1 saturated heterocycles. The molecule has 18 heavy (non-hydrogen) atoms. The van der Waals surface area contributed by atoms with Gasteiger partial charge in [0.05, 0.1) is 18.2 Å². The summed E-state index contributed by atoms with van der Waals surface area (Å²) in [4.78, 5) is 0. The Kier molecular flexibility index (Phi) is 3.97. The summed E-state index contributed by atoms with van der Waals surface area (Å²) in [6.07, 6.45) is 1.94. The Morgan fingerprint density at radius 1 is 1.33 bits per heavy atom. The molecule has 0 bridgehead atoms. The van der Waals surface area contributed by atoms with Crippen molar-refractivity contribution < 1.29 is 4.74 Å². The largest absolute Gasteiger partial charge is 0.377 e. The third kappa shape index (κ3) is 2.53. The fourth-order valence-electron chi connectivity index (χ4n) is 2.57. The van der Waals surface area contributed by atoms with Crippen LogP contribution in [0, 0.1) is 35.5 Å². The van der Waals surface area contributed by atoms with E-state index in [9.17, 15) is 0 Å². The van der Waals surface area contributed by atoms with Gasteiger partial charge < -0.3 is 4.74 Å². The van der Waals surface area contributed by atoms with E-state index in [-0.39, 0.29) is 12.0 Å². The molecule has 3 nitrogen and oxygen atoms in total. The van der Waals surface area contributed by atoms with Crippen molar-refractivity contribution in [3.63, 3.8) is 0 Å². The second-order valence-electron chi connectivity index (χ2n) is 4.73. The maximum atomic E-state index is 9.16. The summed E-state index contributed by atoms with van der Waals surface area (Å²) >= 11 is 0. The van der Waals surface area contributed by atoms with Crippen LogP contribution in [0.15, 0.2) is 24.3 Å². The molecule has 2 unspecified atom stereocenters. The first-order valence-corrected chi connectivity index (χ1v) is 6.23. The van der Waals surface area contributed by atoms with Crippen LogP contribution < -0.4 is 0 Å². The monoisotopic (exact) mass is 240 g/mol. The van der Waals surface area contributed by atoms with Crippen LogP contribution in [-0.2, 0) is 4.74 Å². The van der Waals surface area contributed by atoms with Crippen LogP contribution in [0.2, 0.25) is 0 Å². The highest BCUT2D eigenvalue weighted by Crippen LogP contribution is 2.34. The SMILES string of the molecule is Cc1cccc(C(C(C#N)C#N)C2CCCO2)c1. The third-order valence-electron chi connectivity index (χ3n) is 3.43. The van der Waals surface area contributed by atoms with Crippen molar-refractivity contribution in [2.75, 3.05) is 6.61 Å². The fourth-order valence-corrected chi connectivity index (χ4v) is 2.57. The summed E-state index contributed by atoms with van der Waals surface area (Å²) in [5.74, 6) is -0.780. The number of nitrogens with zero attached hydrogens (tertiary/aromatic N) is 2. The zero-order valence-electron chi connectivity index (χ0n) is 10.5. The van der Waals surface area contributed by atoms with Gasteiger partial charge in [-0.2, -0.15) is 10.5 Å². The molecule has 1 aliphatic heterocycles. The van der Waals surface area contributed by atoms with Gasteiger partial charge in [0, 0.05) is 12.5 Å². The van der Waals surface area contributed by atoms with E-state index in [0.717, 1.165) is 30.6 Å². The summed E-state index contributed by atoms with van der Waals surface area (Å²) in [6.45, 7) is 2.75. The lowest BCUT2D eigenvalue weighted by Gasteiger charge is -2.24. The maximum Gasteiger partial charge on any atom is 0.142 e. The van der Waals surface area contributed by atoms with Gasteiger partial charge in [0.25, 0.3) is 0 Å². The first kappa shape index (κ1) is 12.6. The van der Waals surface area contributed by atoms with Gasteiger partial charge in [0.15, 0.2) is 0 Å². The molecular formula is C15H16N2O. The predicted molar refractivity (Wildman–Crippen MR) is 67.6 cm³/mol. The Labute approximate surface area is 108 Å². The van der Waals surface area contributed by atoms with E-state index in [4.69, 9.17) is 15.3 Å². The third-order valence-corrected chi connectivity index (χ3v) is 3.43. The van der Waals surface area contributed by atoms with Crippen LogP contribution in [0.25, 0.3) is 0 Å². The second-order valence-corrected chi connectivity index (χ2v) is 4.73. The molecule has 1 aromatic rings. The molecule has 3 heteroatoms. The van der Waals surface area contributed by atoms with Crippen molar-refractivity contribution >= 4 is 0 Å². The minimum atomic E-state index is -0.644. The molecular weight excluding hydrogens is 224 g/mol. The zero-order valence-corrected chi connectivity index (χ0v) is 10.5. The van der Waals surface area contributed by atoms with E-state index in [1.165, 1.54) is 0 Å². The number of hydrogen-bond donors (Lipinski definition) is 0. The average Bonchev–Trinajstić information content (AvgIpc) is 2.89. The van der Waals surface area contributed by atoms with Gasteiger partial charge in [0.1, 0.15) is 5.92 Å². The second kappa shape index (κ2) is 5.67. The molecule has 1 aromatic carbocycles. The topological polar surface area (TPSA) is 56.8 Å². The Morgan fingerprint density at radius 2 is 2.11 bits per heavy atom. The molecule has 0 aromatic heterocycles. The zero-order chi connectivity index (χ0) is 13.0. The van der Waals surface area contributed by atoms with E-state index in [1.54, 1.807) is 0 Å². The Balaban J connectivity index is 2.35. The molecule has 1 aliphatic rings. The molecule has 0 radical (unpaired) electrons.